The van der Waals surface area contributed by atoms with Crippen molar-refractivity contribution in [2.45, 2.75) is 38.0 Å². The Morgan fingerprint density at radius 2 is 1.71 bits per heavy atom. The quantitative estimate of drug-likeness (QED) is 0.761. The van der Waals surface area contributed by atoms with Crippen LogP contribution >= 0.6 is 0 Å². The maximum atomic E-state index is 13.4. The fraction of sp³-hybridized carbons (Fsp3) is 0.440. The minimum absolute atomic E-state index is 0.0418. The number of piperidine rings is 1. The first-order valence-electron chi connectivity index (χ1n) is 11.1. The highest BCUT2D eigenvalue weighted by atomic mass is 16.7. The van der Waals surface area contributed by atoms with Crippen molar-refractivity contribution in [3.8, 4) is 0 Å². The second-order valence-corrected chi connectivity index (χ2v) is 8.67. The molecule has 31 heavy (non-hydrogen) atoms. The van der Waals surface area contributed by atoms with Crippen molar-refractivity contribution in [3.05, 3.63) is 71.3 Å². The fourth-order valence-corrected chi connectivity index (χ4v) is 4.70. The van der Waals surface area contributed by atoms with Crippen LogP contribution in [0.2, 0.25) is 0 Å². The molecule has 3 aliphatic rings. The van der Waals surface area contributed by atoms with Gasteiger partial charge in [0.15, 0.2) is 5.79 Å². The van der Waals surface area contributed by atoms with Gasteiger partial charge in [0.25, 0.3) is 5.91 Å². The van der Waals surface area contributed by atoms with Crippen LogP contribution in [0.1, 0.15) is 42.0 Å². The van der Waals surface area contributed by atoms with Gasteiger partial charge in [-0.15, -0.1) is 0 Å². The molecule has 3 heterocycles. The summed E-state index contributed by atoms with van der Waals surface area (Å²) in [5.41, 5.74) is 4.38. The summed E-state index contributed by atoms with van der Waals surface area (Å²) in [6.45, 7) is 5.37. The van der Waals surface area contributed by atoms with Gasteiger partial charge in [0.1, 0.15) is 0 Å². The van der Waals surface area contributed by atoms with E-state index in [1.807, 2.05) is 18.2 Å². The third-order valence-electron chi connectivity index (χ3n) is 6.53. The van der Waals surface area contributed by atoms with Gasteiger partial charge in [-0.25, -0.2) is 5.01 Å². The van der Waals surface area contributed by atoms with E-state index in [1.165, 1.54) is 5.56 Å². The van der Waals surface area contributed by atoms with Gasteiger partial charge in [0, 0.05) is 32.4 Å². The monoisotopic (exact) mass is 419 g/mol. The Labute approximate surface area is 183 Å². The number of hydrogen-bond donors (Lipinski definition) is 0. The van der Waals surface area contributed by atoms with Crippen molar-refractivity contribution in [1.82, 2.24) is 9.91 Å². The van der Waals surface area contributed by atoms with E-state index in [0.29, 0.717) is 19.8 Å². The summed E-state index contributed by atoms with van der Waals surface area (Å²) in [7, 11) is 0. The smallest absolute Gasteiger partial charge is 0.257 e. The second kappa shape index (κ2) is 8.54. The van der Waals surface area contributed by atoms with Gasteiger partial charge in [-0.2, -0.15) is 5.10 Å². The lowest BCUT2D eigenvalue weighted by molar-refractivity contribution is -0.186. The number of benzene rings is 2. The molecular weight excluding hydrogens is 390 g/mol. The molecule has 2 aromatic carbocycles. The van der Waals surface area contributed by atoms with Crippen LogP contribution < -0.4 is 0 Å². The average Bonchev–Trinajstić information content (AvgIpc) is 3.45. The summed E-state index contributed by atoms with van der Waals surface area (Å²) in [6, 6.07) is 18.5. The van der Waals surface area contributed by atoms with Crippen LogP contribution in [0.5, 0.6) is 0 Å². The van der Waals surface area contributed by atoms with Gasteiger partial charge in [-0.1, -0.05) is 60.2 Å². The first kappa shape index (κ1) is 20.4. The largest absolute Gasteiger partial charge is 0.347 e. The summed E-state index contributed by atoms with van der Waals surface area (Å²) in [4.78, 5) is 15.6. The summed E-state index contributed by atoms with van der Waals surface area (Å²) in [5.74, 6) is -0.378. The lowest BCUT2D eigenvalue weighted by atomic mass is 9.98. The van der Waals surface area contributed by atoms with Crippen molar-refractivity contribution in [2.75, 3.05) is 32.8 Å². The minimum Gasteiger partial charge on any atom is -0.347 e. The highest BCUT2D eigenvalue weighted by Gasteiger charge is 2.41. The number of nitrogens with zero attached hydrogens (tertiary/aromatic N) is 3. The van der Waals surface area contributed by atoms with Gasteiger partial charge in [0.2, 0.25) is 0 Å². The Kier molecular flexibility index (Phi) is 5.61. The van der Waals surface area contributed by atoms with E-state index in [1.54, 1.807) is 5.01 Å². The number of carbonyl (C=O) groups is 1. The van der Waals surface area contributed by atoms with E-state index >= 15 is 0 Å². The number of carbonyl (C=O) groups excluding carboxylic acids is 1. The maximum absolute atomic E-state index is 13.4. The highest BCUT2D eigenvalue weighted by Crippen LogP contribution is 2.34. The summed E-state index contributed by atoms with van der Waals surface area (Å²) in [6.07, 6.45) is 2.34. The number of hydrazone groups is 1. The second-order valence-electron chi connectivity index (χ2n) is 8.67. The number of hydrogen-bond acceptors (Lipinski definition) is 5. The molecule has 2 fully saturated rings. The molecule has 3 aliphatic heterocycles. The van der Waals surface area contributed by atoms with E-state index < -0.39 is 5.79 Å². The van der Waals surface area contributed by atoms with Crippen molar-refractivity contribution in [2.24, 2.45) is 5.10 Å². The Balaban J connectivity index is 1.32. The van der Waals surface area contributed by atoms with Crippen LogP contribution in [-0.2, 0) is 14.3 Å². The maximum Gasteiger partial charge on any atom is 0.257 e. The molecule has 0 N–H and O–H groups in total. The molecule has 2 aromatic rings. The molecule has 6 nitrogen and oxygen atoms in total. The molecule has 0 aromatic heterocycles. The fourth-order valence-electron chi connectivity index (χ4n) is 4.70. The van der Waals surface area contributed by atoms with Crippen LogP contribution in [0.3, 0.4) is 0 Å². The number of ether oxygens (including phenoxy) is 2. The molecule has 0 radical (unpaired) electrons. The van der Waals surface area contributed by atoms with E-state index in [-0.39, 0.29) is 11.9 Å². The first-order chi connectivity index (χ1) is 15.1. The van der Waals surface area contributed by atoms with E-state index in [9.17, 15) is 4.79 Å². The van der Waals surface area contributed by atoms with Crippen LogP contribution in [-0.4, -0.2) is 60.2 Å². The van der Waals surface area contributed by atoms with Gasteiger partial charge in [-0.3, -0.25) is 9.69 Å². The molecule has 1 atom stereocenters. The van der Waals surface area contributed by atoms with Crippen LogP contribution in [0.4, 0.5) is 0 Å². The van der Waals surface area contributed by atoms with E-state index in [2.05, 4.69) is 48.2 Å². The molecular formula is C25H29N3O3. The Bertz CT molecular complexity index is 942. The number of likely N-dealkylation sites (tertiary alicyclic amines) is 1. The number of aryl methyl sites for hydroxylation is 1. The summed E-state index contributed by atoms with van der Waals surface area (Å²) < 4.78 is 11.6. The molecule has 1 amide bonds. The van der Waals surface area contributed by atoms with Crippen LogP contribution in [0.25, 0.3) is 0 Å². The molecule has 0 bridgehead atoms. The molecule has 0 unspecified atom stereocenters. The zero-order valence-electron chi connectivity index (χ0n) is 18.0. The molecule has 6 heteroatoms. The molecule has 2 saturated heterocycles. The highest BCUT2D eigenvalue weighted by molar-refractivity contribution is 6.03. The predicted molar refractivity (Wildman–Crippen MR) is 119 cm³/mol. The third-order valence-corrected chi connectivity index (χ3v) is 6.53. The molecule has 1 spiro atoms. The topological polar surface area (TPSA) is 54.4 Å². The first-order valence-corrected chi connectivity index (χ1v) is 11.1. The zero-order valence-corrected chi connectivity index (χ0v) is 18.0. The number of rotatable bonds is 4. The minimum atomic E-state index is -0.420. The van der Waals surface area contributed by atoms with Crippen molar-refractivity contribution < 1.29 is 14.3 Å². The van der Waals surface area contributed by atoms with E-state index in [4.69, 9.17) is 14.6 Å². The van der Waals surface area contributed by atoms with Crippen molar-refractivity contribution >= 4 is 11.6 Å². The summed E-state index contributed by atoms with van der Waals surface area (Å²) >= 11 is 0. The lowest BCUT2D eigenvalue weighted by Crippen LogP contribution is -2.48. The Morgan fingerprint density at radius 1 is 1.03 bits per heavy atom. The molecule has 0 aliphatic carbocycles. The molecule has 5 rings (SSSR count). The van der Waals surface area contributed by atoms with Gasteiger partial charge >= 0.3 is 0 Å². The Hall–Kier alpha value is -2.54. The predicted octanol–water partition coefficient (Wildman–Crippen LogP) is 3.51. The van der Waals surface area contributed by atoms with Crippen molar-refractivity contribution in [1.29, 1.82) is 0 Å². The van der Waals surface area contributed by atoms with Crippen LogP contribution in [0.15, 0.2) is 59.7 Å². The normalized spacial score (nSPS) is 23.3. The van der Waals surface area contributed by atoms with Gasteiger partial charge < -0.3 is 9.47 Å². The van der Waals surface area contributed by atoms with E-state index in [0.717, 1.165) is 49.2 Å². The van der Waals surface area contributed by atoms with Gasteiger partial charge in [0.05, 0.1) is 31.5 Å². The summed E-state index contributed by atoms with van der Waals surface area (Å²) in [5, 5.41) is 6.51. The average molecular weight is 420 g/mol. The lowest BCUT2D eigenvalue weighted by Gasteiger charge is -2.37. The number of amides is 1. The molecule has 162 valence electrons. The zero-order chi connectivity index (χ0) is 21.3. The standard InChI is InChI=1S/C25H29N3O3/c1-19-7-9-20(10-8-19)22-17-23(21-5-3-2-4-6-21)28(26-22)24(29)18-27-13-11-25(12-14-27)30-15-16-31-25/h2-10,23H,11-18H2,1H3/t23-/m0/s1. The van der Waals surface area contributed by atoms with Gasteiger partial charge in [-0.05, 0) is 18.1 Å². The molecule has 0 saturated carbocycles. The Morgan fingerprint density at radius 3 is 2.39 bits per heavy atom. The van der Waals surface area contributed by atoms with Crippen LogP contribution in [0, 0.1) is 6.92 Å². The van der Waals surface area contributed by atoms with Crippen molar-refractivity contribution in [3.63, 3.8) is 0 Å². The third kappa shape index (κ3) is 4.28. The SMILES string of the molecule is Cc1ccc(C2=NN(C(=O)CN3CCC4(CC3)OCCO4)[C@H](c3ccccc3)C2)cc1.